The lowest BCUT2D eigenvalue weighted by Gasteiger charge is -2.19. The molecule has 0 spiro atoms. The van der Waals surface area contributed by atoms with Gasteiger partial charge in [0.05, 0.1) is 18.2 Å². The van der Waals surface area contributed by atoms with Gasteiger partial charge >= 0.3 is 6.18 Å². The second-order valence-electron chi connectivity index (χ2n) is 8.95. The summed E-state index contributed by atoms with van der Waals surface area (Å²) >= 11 is 1.24. The SMILES string of the molecule is COc1ccc(C(F)(F)F)cc1C(=O)N=c1sn(C(C)(C)C)cc1CCCC(C)(C)F. The van der Waals surface area contributed by atoms with Gasteiger partial charge in [0.25, 0.3) is 5.91 Å². The first-order valence-corrected chi connectivity index (χ1v) is 10.6. The zero-order chi connectivity index (χ0) is 23.6. The van der Waals surface area contributed by atoms with Crippen molar-refractivity contribution in [3.63, 3.8) is 0 Å². The van der Waals surface area contributed by atoms with Gasteiger partial charge in [-0.2, -0.15) is 18.2 Å². The number of rotatable bonds is 6. The van der Waals surface area contributed by atoms with E-state index in [1.165, 1.54) is 32.5 Å². The van der Waals surface area contributed by atoms with E-state index in [0.29, 0.717) is 23.9 Å². The van der Waals surface area contributed by atoms with Gasteiger partial charge in [-0.25, -0.2) is 4.39 Å². The Balaban J connectivity index is 2.50. The van der Waals surface area contributed by atoms with Gasteiger partial charge < -0.3 is 4.74 Å². The van der Waals surface area contributed by atoms with Gasteiger partial charge in [-0.1, -0.05) is 0 Å². The molecule has 1 amide bonds. The molecule has 1 aromatic carbocycles. The van der Waals surface area contributed by atoms with Crippen LogP contribution in [-0.4, -0.2) is 22.6 Å². The average Bonchev–Trinajstić information content (AvgIpc) is 3.02. The van der Waals surface area contributed by atoms with Crippen LogP contribution in [0.5, 0.6) is 5.75 Å². The minimum Gasteiger partial charge on any atom is -0.496 e. The summed E-state index contributed by atoms with van der Waals surface area (Å²) in [5.74, 6) is -0.805. The van der Waals surface area contributed by atoms with Crippen LogP contribution in [0.15, 0.2) is 29.4 Å². The smallest absolute Gasteiger partial charge is 0.416 e. The minimum absolute atomic E-state index is 0.0164. The first-order valence-electron chi connectivity index (χ1n) is 9.87. The number of carbonyl (C=O) groups is 1. The molecule has 0 atom stereocenters. The van der Waals surface area contributed by atoms with Crippen LogP contribution in [0.3, 0.4) is 0 Å². The van der Waals surface area contributed by atoms with Crippen molar-refractivity contribution >= 4 is 17.4 Å². The van der Waals surface area contributed by atoms with E-state index in [1.807, 2.05) is 30.9 Å². The van der Waals surface area contributed by atoms with Crippen LogP contribution < -0.4 is 9.41 Å². The summed E-state index contributed by atoms with van der Waals surface area (Å²) in [6, 6.07) is 2.72. The predicted molar refractivity (Wildman–Crippen MR) is 113 cm³/mol. The Labute approximate surface area is 183 Å². The maximum Gasteiger partial charge on any atom is 0.416 e. The number of hydrogen-bond donors (Lipinski definition) is 0. The van der Waals surface area contributed by atoms with E-state index in [1.54, 1.807) is 0 Å². The largest absolute Gasteiger partial charge is 0.496 e. The van der Waals surface area contributed by atoms with Crippen LogP contribution in [0.1, 0.15) is 68.9 Å². The van der Waals surface area contributed by atoms with E-state index in [0.717, 1.165) is 23.8 Å². The van der Waals surface area contributed by atoms with Crippen molar-refractivity contribution in [2.75, 3.05) is 7.11 Å². The fourth-order valence-corrected chi connectivity index (χ4v) is 3.91. The second kappa shape index (κ2) is 9.14. The maximum absolute atomic E-state index is 13.8. The molecule has 1 aromatic heterocycles. The topological polar surface area (TPSA) is 43.6 Å². The van der Waals surface area contributed by atoms with Gasteiger partial charge in [-0.15, -0.1) is 0 Å². The van der Waals surface area contributed by atoms with Gasteiger partial charge in [0.15, 0.2) is 0 Å². The van der Waals surface area contributed by atoms with Crippen molar-refractivity contribution in [3.8, 4) is 5.75 Å². The van der Waals surface area contributed by atoms with E-state index < -0.39 is 23.3 Å². The van der Waals surface area contributed by atoms with Crippen LogP contribution in [0.2, 0.25) is 0 Å². The van der Waals surface area contributed by atoms with E-state index in [2.05, 4.69) is 4.99 Å². The van der Waals surface area contributed by atoms with Gasteiger partial charge in [0.1, 0.15) is 16.1 Å². The van der Waals surface area contributed by atoms with Gasteiger partial charge in [0.2, 0.25) is 0 Å². The highest BCUT2D eigenvalue weighted by Gasteiger charge is 2.32. The van der Waals surface area contributed by atoms with Crippen molar-refractivity contribution in [1.29, 1.82) is 0 Å². The van der Waals surface area contributed by atoms with Gasteiger partial charge in [0, 0.05) is 17.3 Å². The highest BCUT2D eigenvalue weighted by molar-refractivity contribution is 7.04. The summed E-state index contributed by atoms with van der Waals surface area (Å²) in [6.07, 6.45) is -1.34. The minimum atomic E-state index is -4.59. The first kappa shape index (κ1) is 25.1. The number of alkyl halides is 4. The number of halogens is 4. The quantitative estimate of drug-likeness (QED) is 0.486. The lowest BCUT2D eigenvalue weighted by Crippen LogP contribution is -2.18. The number of nitrogens with zero attached hydrogens (tertiary/aromatic N) is 2. The Morgan fingerprint density at radius 3 is 2.29 bits per heavy atom. The maximum atomic E-state index is 13.8. The van der Waals surface area contributed by atoms with Crippen molar-refractivity contribution in [2.24, 2.45) is 4.99 Å². The van der Waals surface area contributed by atoms with Crippen molar-refractivity contribution in [1.82, 2.24) is 3.96 Å². The highest BCUT2D eigenvalue weighted by atomic mass is 32.1. The second-order valence-corrected chi connectivity index (χ2v) is 9.91. The van der Waals surface area contributed by atoms with Gasteiger partial charge in [-0.3, -0.25) is 8.75 Å². The number of methoxy groups -OCH3 is 1. The van der Waals surface area contributed by atoms with Crippen LogP contribution in [0.25, 0.3) is 0 Å². The summed E-state index contributed by atoms with van der Waals surface area (Å²) in [5.41, 5.74) is -2.04. The number of hydrogen-bond acceptors (Lipinski definition) is 3. The Morgan fingerprint density at radius 2 is 1.77 bits per heavy atom. The number of ether oxygens (including phenoxy) is 1. The normalized spacial score (nSPS) is 13.5. The molecule has 0 saturated heterocycles. The molecule has 4 nitrogen and oxygen atoms in total. The predicted octanol–water partition coefficient (Wildman–Crippen LogP) is 6.14. The molecular formula is C22H28F4N2O2S. The number of carbonyl (C=O) groups excluding carboxylic acids is 1. The molecule has 2 rings (SSSR count). The standard InChI is InChI=1S/C22H28F4N2O2S/c1-20(2,3)28-13-14(8-7-11-21(4,5)23)19(31-28)27-18(29)16-12-15(22(24,25)26)9-10-17(16)30-6/h9-10,12-13H,7-8,11H2,1-6H3. The molecule has 0 saturated carbocycles. The molecule has 172 valence electrons. The lowest BCUT2D eigenvalue weighted by molar-refractivity contribution is -0.137. The zero-order valence-electron chi connectivity index (χ0n) is 18.6. The summed E-state index contributed by atoms with van der Waals surface area (Å²) < 4.78 is 60.6. The fourth-order valence-electron chi connectivity index (χ4n) is 2.87. The van der Waals surface area contributed by atoms with E-state index >= 15 is 0 Å². The van der Waals surface area contributed by atoms with Crippen LogP contribution in [0, 0.1) is 0 Å². The average molecular weight is 461 g/mol. The molecule has 2 aromatic rings. The Hall–Kier alpha value is -2.16. The molecule has 0 aliphatic heterocycles. The van der Waals surface area contributed by atoms with Crippen molar-refractivity contribution in [2.45, 2.75) is 71.3 Å². The summed E-state index contributed by atoms with van der Waals surface area (Å²) in [6.45, 7) is 8.97. The van der Waals surface area contributed by atoms with Crippen molar-refractivity contribution < 1.29 is 27.1 Å². The summed E-state index contributed by atoms with van der Waals surface area (Å²) in [7, 11) is 1.28. The first-order chi connectivity index (χ1) is 14.1. The molecule has 31 heavy (non-hydrogen) atoms. The molecule has 0 fully saturated rings. The number of amides is 1. The molecule has 0 radical (unpaired) electrons. The molecule has 0 unspecified atom stereocenters. The molecule has 0 N–H and O–H groups in total. The molecule has 0 aliphatic carbocycles. The number of aryl methyl sites for hydroxylation is 1. The van der Waals surface area contributed by atoms with Crippen LogP contribution >= 0.6 is 11.5 Å². The van der Waals surface area contributed by atoms with Crippen LogP contribution in [0.4, 0.5) is 17.6 Å². The van der Waals surface area contributed by atoms with E-state index in [4.69, 9.17) is 4.74 Å². The van der Waals surface area contributed by atoms with Crippen molar-refractivity contribution in [3.05, 3.63) is 45.8 Å². The molecule has 1 heterocycles. The highest BCUT2D eigenvalue weighted by Crippen LogP contribution is 2.33. The Kier molecular flexibility index (Phi) is 7.40. The lowest BCUT2D eigenvalue weighted by atomic mass is 10.0. The molecule has 0 bridgehead atoms. The third kappa shape index (κ3) is 6.92. The molecule has 9 heteroatoms. The molecule has 0 aliphatic rings. The van der Waals surface area contributed by atoms with E-state index in [9.17, 15) is 22.4 Å². The number of aromatic nitrogens is 1. The molecular weight excluding hydrogens is 432 g/mol. The van der Waals surface area contributed by atoms with Crippen LogP contribution in [-0.2, 0) is 18.1 Å². The number of benzene rings is 1. The monoisotopic (exact) mass is 460 g/mol. The summed E-state index contributed by atoms with van der Waals surface area (Å²) in [5, 5.41) is 0. The fraction of sp³-hybridized carbons (Fsp3) is 0.545. The summed E-state index contributed by atoms with van der Waals surface area (Å²) in [4.78, 5) is 17.0. The third-order valence-corrected chi connectivity index (χ3v) is 5.95. The third-order valence-electron chi connectivity index (χ3n) is 4.57. The Morgan fingerprint density at radius 1 is 1.13 bits per heavy atom. The zero-order valence-corrected chi connectivity index (χ0v) is 19.4. The Bertz CT molecular complexity index is 993. The van der Waals surface area contributed by atoms with Gasteiger partial charge in [-0.05, 0) is 83.6 Å². The van der Waals surface area contributed by atoms with E-state index in [-0.39, 0.29) is 16.9 Å².